The molecule has 21 heavy (non-hydrogen) atoms. The number of primary sulfonamides is 1. The van der Waals surface area contributed by atoms with Gasteiger partial charge in [0.25, 0.3) is 5.91 Å². The fourth-order valence-corrected chi connectivity index (χ4v) is 2.50. The monoisotopic (exact) mass is 307 g/mol. The van der Waals surface area contributed by atoms with Crippen LogP contribution in [-0.4, -0.2) is 31.3 Å². The van der Waals surface area contributed by atoms with E-state index in [1.54, 1.807) is 42.4 Å². The Morgan fingerprint density at radius 1 is 1.24 bits per heavy atom. The minimum Gasteiger partial charge on any atom is -0.357 e. The van der Waals surface area contributed by atoms with Crippen molar-refractivity contribution in [2.24, 2.45) is 5.14 Å². The summed E-state index contributed by atoms with van der Waals surface area (Å²) in [5, 5.41) is 5.06. The Bertz CT molecular complexity index is 721. The topological polar surface area (TPSA) is 96.3 Å². The molecule has 0 spiro atoms. The molecule has 0 aliphatic carbocycles. The van der Waals surface area contributed by atoms with Gasteiger partial charge in [-0.05, 0) is 36.8 Å². The fourth-order valence-electron chi connectivity index (χ4n) is 1.99. The maximum Gasteiger partial charge on any atom is 0.270 e. The molecule has 0 bridgehead atoms. The van der Waals surface area contributed by atoms with E-state index in [1.165, 1.54) is 12.1 Å². The van der Waals surface area contributed by atoms with Crippen LogP contribution < -0.4 is 5.14 Å². The highest BCUT2D eigenvalue weighted by atomic mass is 32.2. The van der Waals surface area contributed by atoms with Crippen molar-refractivity contribution in [3.05, 3.63) is 53.9 Å². The molecule has 0 aliphatic heterocycles. The minimum atomic E-state index is -3.70. The van der Waals surface area contributed by atoms with E-state index < -0.39 is 10.0 Å². The number of benzene rings is 1. The van der Waals surface area contributed by atoms with E-state index in [9.17, 15) is 13.2 Å². The van der Waals surface area contributed by atoms with Crippen LogP contribution in [0.1, 0.15) is 29.0 Å². The SMILES string of the molecule is C[C@H](c1ccc(S(N)(=O)=O)cc1)N(C)C(=O)c1ccc[nH]1. The molecule has 2 rings (SSSR count). The maximum absolute atomic E-state index is 12.2. The van der Waals surface area contributed by atoms with Crippen LogP contribution in [0.3, 0.4) is 0 Å². The number of nitrogens with zero attached hydrogens (tertiary/aromatic N) is 1. The Hall–Kier alpha value is -2.12. The molecule has 3 N–H and O–H groups in total. The third kappa shape index (κ3) is 3.32. The molecule has 1 aromatic carbocycles. The molecule has 0 aliphatic rings. The standard InChI is InChI=1S/C14H17N3O3S/c1-10(17(2)14(18)13-4-3-9-16-13)11-5-7-12(8-6-11)21(15,19)20/h3-10,16H,1-2H3,(H2,15,19,20)/t10-/m1/s1. The first kappa shape index (κ1) is 15.3. The average Bonchev–Trinajstić information content (AvgIpc) is 2.98. The van der Waals surface area contributed by atoms with E-state index in [1.807, 2.05) is 6.92 Å². The van der Waals surface area contributed by atoms with Gasteiger partial charge in [-0.25, -0.2) is 13.6 Å². The van der Waals surface area contributed by atoms with Crippen molar-refractivity contribution < 1.29 is 13.2 Å². The predicted octanol–water partition coefficient (Wildman–Crippen LogP) is 1.50. The number of carbonyl (C=O) groups is 1. The normalized spacial score (nSPS) is 12.9. The Morgan fingerprint density at radius 2 is 1.86 bits per heavy atom. The van der Waals surface area contributed by atoms with Gasteiger partial charge < -0.3 is 9.88 Å². The van der Waals surface area contributed by atoms with Crippen LogP contribution in [0.5, 0.6) is 0 Å². The second-order valence-corrected chi connectivity index (χ2v) is 6.35. The van der Waals surface area contributed by atoms with E-state index in [2.05, 4.69) is 4.98 Å². The van der Waals surface area contributed by atoms with Gasteiger partial charge in [0.05, 0.1) is 10.9 Å². The number of amides is 1. The van der Waals surface area contributed by atoms with Gasteiger partial charge in [-0.2, -0.15) is 0 Å². The Labute approximate surface area is 123 Å². The molecule has 1 aromatic heterocycles. The Kier molecular flexibility index (Phi) is 4.15. The second kappa shape index (κ2) is 5.71. The summed E-state index contributed by atoms with van der Waals surface area (Å²) in [6.45, 7) is 1.87. The van der Waals surface area contributed by atoms with Crippen LogP contribution in [0.4, 0.5) is 0 Å². The third-order valence-electron chi connectivity index (χ3n) is 3.42. The van der Waals surface area contributed by atoms with Gasteiger partial charge in [0.1, 0.15) is 5.69 Å². The predicted molar refractivity (Wildman–Crippen MR) is 79.1 cm³/mol. The largest absolute Gasteiger partial charge is 0.357 e. The zero-order chi connectivity index (χ0) is 15.6. The lowest BCUT2D eigenvalue weighted by Crippen LogP contribution is -2.29. The van der Waals surface area contributed by atoms with Crippen molar-refractivity contribution in [2.75, 3.05) is 7.05 Å². The number of rotatable bonds is 4. The highest BCUT2D eigenvalue weighted by molar-refractivity contribution is 7.89. The van der Waals surface area contributed by atoms with Gasteiger partial charge in [0.15, 0.2) is 0 Å². The number of carbonyl (C=O) groups excluding carboxylic acids is 1. The van der Waals surface area contributed by atoms with Crippen molar-refractivity contribution >= 4 is 15.9 Å². The summed E-state index contributed by atoms with van der Waals surface area (Å²) in [6, 6.07) is 9.45. The summed E-state index contributed by atoms with van der Waals surface area (Å²) in [6.07, 6.45) is 1.69. The Balaban J connectivity index is 2.20. The highest BCUT2D eigenvalue weighted by Crippen LogP contribution is 2.21. The minimum absolute atomic E-state index is 0.0526. The lowest BCUT2D eigenvalue weighted by Gasteiger charge is -2.25. The Morgan fingerprint density at radius 3 is 2.33 bits per heavy atom. The van der Waals surface area contributed by atoms with E-state index in [-0.39, 0.29) is 16.8 Å². The van der Waals surface area contributed by atoms with Gasteiger partial charge in [0, 0.05) is 13.2 Å². The number of sulfonamides is 1. The summed E-state index contributed by atoms with van der Waals surface area (Å²) in [7, 11) is -2.01. The van der Waals surface area contributed by atoms with Crippen LogP contribution >= 0.6 is 0 Å². The summed E-state index contributed by atoms with van der Waals surface area (Å²) < 4.78 is 22.4. The molecule has 6 nitrogen and oxygen atoms in total. The average molecular weight is 307 g/mol. The number of nitrogens with two attached hydrogens (primary N) is 1. The molecule has 0 saturated heterocycles. The third-order valence-corrected chi connectivity index (χ3v) is 4.35. The number of aromatic nitrogens is 1. The number of nitrogens with one attached hydrogen (secondary N) is 1. The lowest BCUT2D eigenvalue weighted by molar-refractivity contribution is 0.0737. The molecule has 0 saturated carbocycles. The first-order chi connectivity index (χ1) is 9.80. The molecular formula is C14H17N3O3S. The van der Waals surface area contributed by atoms with E-state index >= 15 is 0 Å². The van der Waals surface area contributed by atoms with Crippen molar-refractivity contribution in [3.8, 4) is 0 Å². The number of aromatic amines is 1. The quantitative estimate of drug-likeness (QED) is 0.895. The molecule has 1 amide bonds. The van der Waals surface area contributed by atoms with Gasteiger partial charge in [-0.1, -0.05) is 12.1 Å². The molecule has 7 heteroatoms. The zero-order valence-corrected chi connectivity index (χ0v) is 12.6. The van der Waals surface area contributed by atoms with Gasteiger partial charge in [0.2, 0.25) is 10.0 Å². The zero-order valence-electron chi connectivity index (χ0n) is 11.8. The van der Waals surface area contributed by atoms with Crippen LogP contribution in [0, 0.1) is 0 Å². The summed E-state index contributed by atoms with van der Waals surface area (Å²) in [4.78, 5) is 16.7. The molecule has 1 atom stereocenters. The summed E-state index contributed by atoms with van der Waals surface area (Å²) in [5.41, 5.74) is 1.33. The van der Waals surface area contributed by atoms with Crippen LogP contribution in [0.25, 0.3) is 0 Å². The molecular weight excluding hydrogens is 290 g/mol. The highest BCUT2D eigenvalue weighted by Gasteiger charge is 2.19. The molecule has 0 radical (unpaired) electrons. The van der Waals surface area contributed by atoms with E-state index in [4.69, 9.17) is 5.14 Å². The molecule has 0 unspecified atom stereocenters. The van der Waals surface area contributed by atoms with Crippen molar-refractivity contribution in [1.29, 1.82) is 0 Å². The number of hydrogen-bond donors (Lipinski definition) is 2. The molecule has 1 heterocycles. The van der Waals surface area contributed by atoms with Crippen LogP contribution in [-0.2, 0) is 10.0 Å². The van der Waals surface area contributed by atoms with Crippen molar-refractivity contribution in [1.82, 2.24) is 9.88 Å². The van der Waals surface area contributed by atoms with Gasteiger partial charge in [-0.15, -0.1) is 0 Å². The molecule has 2 aromatic rings. The molecule has 112 valence electrons. The lowest BCUT2D eigenvalue weighted by atomic mass is 10.1. The van der Waals surface area contributed by atoms with Crippen LogP contribution in [0.15, 0.2) is 47.5 Å². The first-order valence-electron chi connectivity index (χ1n) is 6.34. The first-order valence-corrected chi connectivity index (χ1v) is 7.88. The van der Waals surface area contributed by atoms with Crippen molar-refractivity contribution in [3.63, 3.8) is 0 Å². The number of H-pyrrole nitrogens is 1. The van der Waals surface area contributed by atoms with Crippen LogP contribution in [0.2, 0.25) is 0 Å². The summed E-state index contributed by atoms with van der Waals surface area (Å²) in [5.74, 6) is -0.136. The van der Waals surface area contributed by atoms with E-state index in [0.29, 0.717) is 5.69 Å². The maximum atomic E-state index is 12.2. The van der Waals surface area contributed by atoms with E-state index in [0.717, 1.165) is 5.56 Å². The van der Waals surface area contributed by atoms with Gasteiger partial charge in [-0.3, -0.25) is 4.79 Å². The summed E-state index contributed by atoms with van der Waals surface area (Å²) >= 11 is 0. The van der Waals surface area contributed by atoms with Crippen molar-refractivity contribution in [2.45, 2.75) is 17.9 Å². The number of hydrogen-bond acceptors (Lipinski definition) is 3. The smallest absolute Gasteiger partial charge is 0.270 e. The molecule has 0 fully saturated rings. The second-order valence-electron chi connectivity index (χ2n) is 4.79. The fraction of sp³-hybridized carbons (Fsp3) is 0.214. The van der Waals surface area contributed by atoms with Gasteiger partial charge >= 0.3 is 0 Å².